The second-order valence-corrected chi connectivity index (χ2v) is 8.11. The zero-order valence-corrected chi connectivity index (χ0v) is 15.6. The molecule has 6 nitrogen and oxygen atoms in total. The summed E-state index contributed by atoms with van der Waals surface area (Å²) >= 11 is 0. The SMILES string of the molecule is NC(=O)C1=CN(CC2CCCCC2CN2CCCC(C(N)=O)C2)CC=C1. The van der Waals surface area contributed by atoms with Crippen LogP contribution in [-0.4, -0.2) is 54.3 Å². The van der Waals surface area contributed by atoms with Gasteiger partial charge in [0, 0.05) is 32.4 Å². The Bertz CT molecular complexity index is 586. The fourth-order valence-corrected chi connectivity index (χ4v) is 4.73. The molecule has 0 aromatic rings. The molecule has 1 aliphatic carbocycles. The molecule has 2 heterocycles. The van der Waals surface area contributed by atoms with Gasteiger partial charge in [0.05, 0.1) is 11.5 Å². The molecule has 3 unspecified atom stereocenters. The van der Waals surface area contributed by atoms with Crippen molar-refractivity contribution in [3.63, 3.8) is 0 Å². The summed E-state index contributed by atoms with van der Waals surface area (Å²) < 4.78 is 0. The van der Waals surface area contributed by atoms with E-state index in [1.165, 1.54) is 25.7 Å². The van der Waals surface area contributed by atoms with E-state index < -0.39 is 0 Å². The Morgan fingerprint density at radius 2 is 1.77 bits per heavy atom. The number of primary amides is 2. The quantitative estimate of drug-likeness (QED) is 0.745. The molecule has 2 aliphatic heterocycles. The van der Waals surface area contributed by atoms with Crippen molar-refractivity contribution in [1.29, 1.82) is 0 Å². The summed E-state index contributed by atoms with van der Waals surface area (Å²) in [6, 6.07) is 0. The summed E-state index contributed by atoms with van der Waals surface area (Å²) in [4.78, 5) is 27.7. The first-order valence-electron chi connectivity index (χ1n) is 9.97. The number of carbonyl (C=O) groups is 2. The highest BCUT2D eigenvalue weighted by atomic mass is 16.1. The van der Waals surface area contributed by atoms with Crippen LogP contribution in [0, 0.1) is 17.8 Å². The number of rotatable bonds is 6. The molecule has 0 spiro atoms. The molecule has 3 rings (SSSR count). The summed E-state index contributed by atoms with van der Waals surface area (Å²) in [6.07, 6.45) is 12.8. The normalized spacial score (nSPS) is 30.1. The number of piperidine rings is 1. The van der Waals surface area contributed by atoms with E-state index in [1.807, 2.05) is 18.4 Å². The molecular weight excluding hydrogens is 328 g/mol. The molecule has 3 aliphatic rings. The molecule has 3 atom stereocenters. The fourth-order valence-electron chi connectivity index (χ4n) is 4.73. The summed E-state index contributed by atoms with van der Waals surface area (Å²) in [5.74, 6) is 0.761. The van der Waals surface area contributed by atoms with Gasteiger partial charge in [-0.05, 0) is 44.1 Å². The molecule has 2 amide bonds. The zero-order chi connectivity index (χ0) is 18.5. The molecule has 6 heteroatoms. The van der Waals surface area contributed by atoms with Crippen molar-refractivity contribution in [3.8, 4) is 0 Å². The Morgan fingerprint density at radius 3 is 2.46 bits per heavy atom. The van der Waals surface area contributed by atoms with Gasteiger partial charge in [-0.3, -0.25) is 9.59 Å². The number of nitrogens with two attached hydrogens (primary N) is 2. The molecule has 26 heavy (non-hydrogen) atoms. The van der Waals surface area contributed by atoms with Crippen molar-refractivity contribution in [2.75, 3.05) is 32.7 Å². The van der Waals surface area contributed by atoms with Gasteiger partial charge in [0.15, 0.2) is 0 Å². The van der Waals surface area contributed by atoms with Gasteiger partial charge in [0.2, 0.25) is 11.8 Å². The van der Waals surface area contributed by atoms with Crippen molar-refractivity contribution < 1.29 is 9.59 Å². The van der Waals surface area contributed by atoms with E-state index in [0.29, 0.717) is 17.4 Å². The van der Waals surface area contributed by atoms with Gasteiger partial charge in [-0.15, -0.1) is 0 Å². The number of amides is 2. The molecule has 0 aromatic carbocycles. The third-order valence-corrected chi connectivity index (χ3v) is 6.18. The van der Waals surface area contributed by atoms with Gasteiger partial charge in [-0.2, -0.15) is 0 Å². The molecule has 1 saturated carbocycles. The second kappa shape index (κ2) is 8.71. The van der Waals surface area contributed by atoms with Gasteiger partial charge in [0.1, 0.15) is 0 Å². The third kappa shape index (κ3) is 4.87. The molecule has 0 radical (unpaired) electrons. The van der Waals surface area contributed by atoms with Crippen molar-refractivity contribution >= 4 is 11.8 Å². The van der Waals surface area contributed by atoms with E-state index in [0.717, 1.165) is 45.6 Å². The van der Waals surface area contributed by atoms with E-state index >= 15 is 0 Å². The first kappa shape index (κ1) is 19.0. The lowest BCUT2D eigenvalue weighted by Gasteiger charge is -2.40. The van der Waals surface area contributed by atoms with Crippen LogP contribution in [0.5, 0.6) is 0 Å². The third-order valence-electron chi connectivity index (χ3n) is 6.18. The van der Waals surface area contributed by atoms with Gasteiger partial charge in [-0.25, -0.2) is 0 Å². The second-order valence-electron chi connectivity index (χ2n) is 8.11. The smallest absolute Gasteiger partial charge is 0.250 e. The topological polar surface area (TPSA) is 92.7 Å². The van der Waals surface area contributed by atoms with E-state index in [9.17, 15) is 9.59 Å². The van der Waals surface area contributed by atoms with Crippen LogP contribution >= 0.6 is 0 Å². The van der Waals surface area contributed by atoms with Crippen LogP contribution in [0.25, 0.3) is 0 Å². The summed E-state index contributed by atoms with van der Waals surface area (Å²) in [7, 11) is 0. The molecule has 144 valence electrons. The van der Waals surface area contributed by atoms with Crippen molar-refractivity contribution in [1.82, 2.24) is 9.80 Å². The summed E-state index contributed by atoms with van der Waals surface area (Å²) in [5, 5.41) is 0. The maximum atomic E-state index is 11.5. The average molecular weight is 361 g/mol. The monoisotopic (exact) mass is 360 g/mol. The number of likely N-dealkylation sites (tertiary alicyclic amines) is 1. The molecule has 4 N–H and O–H groups in total. The first-order chi connectivity index (χ1) is 12.5. The highest BCUT2D eigenvalue weighted by Gasteiger charge is 2.31. The number of hydrogen-bond donors (Lipinski definition) is 2. The van der Waals surface area contributed by atoms with Gasteiger partial charge in [-0.1, -0.05) is 25.0 Å². The molecule has 0 aromatic heterocycles. The van der Waals surface area contributed by atoms with E-state index in [4.69, 9.17) is 11.5 Å². The largest absolute Gasteiger partial charge is 0.373 e. The molecule has 2 fully saturated rings. The molecule has 1 saturated heterocycles. The fraction of sp³-hybridized carbons (Fsp3) is 0.700. The Kier molecular flexibility index (Phi) is 6.35. The van der Waals surface area contributed by atoms with Crippen molar-refractivity contribution in [2.45, 2.75) is 38.5 Å². The van der Waals surface area contributed by atoms with Crippen LogP contribution in [0.15, 0.2) is 23.9 Å². The van der Waals surface area contributed by atoms with Gasteiger partial charge >= 0.3 is 0 Å². The summed E-state index contributed by atoms with van der Waals surface area (Å²) in [6.45, 7) is 4.76. The summed E-state index contributed by atoms with van der Waals surface area (Å²) in [5.41, 5.74) is 11.5. The standard InChI is InChI=1S/C20H32N4O2/c21-19(25)17-7-3-9-23(13-17)11-15-5-1-2-6-16(15)12-24-10-4-8-18(14-24)20(22)26/h3,7,13,15-16,18H,1-2,4-6,8-12,14H2,(H2,21,25)(H2,22,26). The molecule has 0 bridgehead atoms. The van der Waals surface area contributed by atoms with E-state index in [2.05, 4.69) is 9.80 Å². The average Bonchev–Trinajstić information content (AvgIpc) is 2.64. The van der Waals surface area contributed by atoms with Crippen molar-refractivity contribution in [3.05, 3.63) is 23.9 Å². The zero-order valence-electron chi connectivity index (χ0n) is 15.6. The molecular formula is C20H32N4O2. The number of carbonyl (C=O) groups excluding carboxylic acids is 2. The predicted molar refractivity (Wildman–Crippen MR) is 102 cm³/mol. The maximum absolute atomic E-state index is 11.5. The lowest BCUT2D eigenvalue weighted by Crippen LogP contribution is -2.45. The lowest BCUT2D eigenvalue weighted by atomic mass is 9.78. The van der Waals surface area contributed by atoms with E-state index in [1.54, 1.807) is 0 Å². The van der Waals surface area contributed by atoms with Crippen molar-refractivity contribution in [2.24, 2.45) is 29.2 Å². The number of nitrogens with zero attached hydrogens (tertiary/aromatic N) is 2. The minimum absolute atomic E-state index is 0.0130. The van der Waals surface area contributed by atoms with Crippen LogP contribution in [0.3, 0.4) is 0 Å². The van der Waals surface area contributed by atoms with Crippen LogP contribution in [0.4, 0.5) is 0 Å². The van der Waals surface area contributed by atoms with Gasteiger partial charge in [0.25, 0.3) is 0 Å². The van der Waals surface area contributed by atoms with E-state index in [-0.39, 0.29) is 17.7 Å². The minimum Gasteiger partial charge on any atom is -0.373 e. The Balaban J connectivity index is 1.58. The highest BCUT2D eigenvalue weighted by Crippen LogP contribution is 2.33. The van der Waals surface area contributed by atoms with Gasteiger partial charge < -0.3 is 21.3 Å². The van der Waals surface area contributed by atoms with Crippen LogP contribution in [0.1, 0.15) is 38.5 Å². The number of hydrogen-bond acceptors (Lipinski definition) is 4. The Hall–Kier alpha value is -1.82. The first-order valence-corrected chi connectivity index (χ1v) is 9.97. The minimum atomic E-state index is -0.364. The lowest BCUT2D eigenvalue weighted by molar-refractivity contribution is -0.123. The maximum Gasteiger partial charge on any atom is 0.250 e. The van der Waals surface area contributed by atoms with Crippen LogP contribution in [0.2, 0.25) is 0 Å². The van der Waals surface area contributed by atoms with Crippen LogP contribution in [-0.2, 0) is 9.59 Å². The highest BCUT2D eigenvalue weighted by molar-refractivity contribution is 5.94. The Labute approximate surface area is 156 Å². The predicted octanol–water partition coefficient (Wildman–Crippen LogP) is 1.23. The Morgan fingerprint density at radius 1 is 1.04 bits per heavy atom. The van der Waals surface area contributed by atoms with Crippen LogP contribution < -0.4 is 11.5 Å².